The maximum atomic E-state index is 12.9. The number of aromatic nitrogens is 2. The molecule has 0 saturated heterocycles. The van der Waals surface area contributed by atoms with E-state index >= 15 is 0 Å². The van der Waals surface area contributed by atoms with E-state index in [1.54, 1.807) is 19.9 Å². The second kappa shape index (κ2) is 6.75. The maximum absolute atomic E-state index is 12.9. The highest BCUT2D eigenvalue weighted by Crippen LogP contribution is 2.32. The number of alkyl halides is 3. The van der Waals surface area contributed by atoms with Crippen LogP contribution in [0.5, 0.6) is 0 Å². The Morgan fingerprint density at radius 2 is 2.00 bits per heavy atom. The van der Waals surface area contributed by atoms with Gasteiger partial charge in [-0.2, -0.15) is 18.3 Å². The average Bonchev–Trinajstić information content (AvgIpc) is 3.03. The molecular formula is C18H21F3N4O. The molecule has 1 aliphatic heterocycles. The monoisotopic (exact) mass is 366 g/mol. The highest BCUT2D eigenvalue weighted by molar-refractivity contribution is 5.94. The van der Waals surface area contributed by atoms with Gasteiger partial charge in [-0.25, -0.2) is 0 Å². The number of aromatic amines is 1. The van der Waals surface area contributed by atoms with Gasteiger partial charge in [0.2, 0.25) is 0 Å². The fourth-order valence-electron chi connectivity index (χ4n) is 3.02. The lowest BCUT2D eigenvalue weighted by Crippen LogP contribution is -2.37. The number of nitrogens with zero attached hydrogens (tertiary/aromatic N) is 1. The van der Waals surface area contributed by atoms with Crippen molar-refractivity contribution in [3.8, 4) is 0 Å². The number of carbonyl (C=O) groups excluding carboxylic acids is 1. The van der Waals surface area contributed by atoms with Crippen LogP contribution in [0.2, 0.25) is 0 Å². The van der Waals surface area contributed by atoms with Crippen molar-refractivity contribution in [1.82, 2.24) is 20.8 Å². The molecule has 2 aromatic rings. The van der Waals surface area contributed by atoms with E-state index < -0.39 is 17.2 Å². The Balaban J connectivity index is 1.72. The minimum Gasteiger partial charge on any atom is -0.350 e. The van der Waals surface area contributed by atoms with Crippen molar-refractivity contribution in [1.29, 1.82) is 0 Å². The molecule has 3 rings (SSSR count). The molecule has 8 heteroatoms. The molecule has 140 valence electrons. The maximum Gasteiger partial charge on any atom is 0.416 e. The first kappa shape index (κ1) is 18.4. The fraction of sp³-hybridized carbons (Fsp3) is 0.444. The van der Waals surface area contributed by atoms with Crippen LogP contribution in [-0.4, -0.2) is 29.2 Å². The zero-order valence-corrected chi connectivity index (χ0v) is 14.6. The van der Waals surface area contributed by atoms with Crippen molar-refractivity contribution >= 4 is 5.91 Å². The number of rotatable bonds is 4. The summed E-state index contributed by atoms with van der Waals surface area (Å²) >= 11 is 0. The van der Waals surface area contributed by atoms with Gasteiger partial charge in [0.1, 0.15) is 0 Å². The van der Waals surface area contributed by atoms with Gasteiger partial charge < -0.3 is 10.6 Å². The van der Waals surface area contributed by atoms with Crippen molar-refractivity contribution < 1.29 is 18.0 Å². The Labute approximate surface area is 149 Å². The second-order valence-electron chi connectivity index (χ2n) is 7.10. The Bertz CT molecular complexity index is 811. The molecule has 0 radical (unpaired) electrons. The van der Waals surface area contributed by atoms with E-state index in [2.05, 4.69) is 20.8 Å². The highest BCUT2D eigenvalue weighted by atomic mass is 19.4. The lowest BCUT2D eigenvalue weighted by Gasteiger charge is -2.26. The van der Waals surface area contributed by atoms with Gasteiger partial charge in [0.05, 0.1) is 5.56 Å². The third-order valence-corrected chi connectivity index (χ3v) is 4.68. The van der Waals surface area contributed by atoms with Crippen LogP contribution < -0.4 is 10.6 Å². The summed E-state index contributed by atoms with van der Waals surface area (Å²) in [5, 5.41) is 13.0. The molecule has 5 nitrogen and oxygen atoms in total. The van der Waals surface area contributed by atoms with Crippen LogP contribution in [0.25, 0.3) is 0 Å². The number of carbonyl (C=O) groups is 1. The van der Waals surface area contributed by atoms with Crippen molar-refractivity contribution in [3.05, 3.63) is 52.3 Å². The molecule has 0 saturated carbocycles. The van der Waals surface area contributed by atoms with Crippen molar-refractivity contribution in [2.24, 2.45) is 0 Å². The quantitative estimate of drug-likeness (QED) is 0.779. The molecule has 1 aromatic heterocycles. The van der Waals surface area contributed by atoms with E-state index in [9.17, 15) is 18.0 Å². The molecule has 1 amide bonds. The number of H-pyrrole nitrogens is 1. The van der Waals surface area contributed by atoms with E-state index in [1.807, 2.05) is 0 Å². The van der Waals surface area contributed by atoms with Gasteiger partial charge in [0.25, 0.3) is 5.91 Å². The summed E-state index contributed by atoms with van der Waals surface area (Å²) in [6.45, 7) is 5.20. The molecular weight excluding hydrogens is 345 g/mol. The third-order valence-electron chi connectivity index (χ3n) is 4.68. The van der Waals surface area contributed by atoms with E-state index in [0.717, 1.165) is 36.4 Å². The van der Waals surface area contributed by atoms with Gasteiger partial charge in [0.15, 0.2) is 5.69 Å². The number of fused-ring (bicyclic) bond motifs is 1. The Kier molecular flexibility index (Phi) is 4.79. The van der Waals surface area contributed by atoms with Crippen molar-refractivity contribution in [2.75, 3.05) is 13.1 Å². The van der Waals surface area contributed by atoms with Crippen LogP contribution in [0.4, 0.5) is 13.2 Å². The first-order valence-corrected chi connectivity index (χ1v) is 8.41. The molecule has 0 bridgehead atoms. The van der Waals surface area contributed by atoms with Gasteiger partial charge in [-0.05, 0) is 11.6 Å². The van der Waals surface area contributed by atoms with E-state index in [-0.39, 0.29) is 12.5 Å². The van der Waals surface area contributed by atoms with Gasteiger partial charge in [0, 0.05) is 42.7 Å². The molecule has 1 aliphatic rings. The Hall–Kier alpha value is -2.35. The molecule has 2 heterocycles. The zero-order valence-electron chi connectivity index (χ0n) is 14.6. The summed E-state index contributed by atoms with van der Waals surface area (Å²) in [6.07, 6.45) is -3.61. The SMILES string of the molecule is CC(C)(CNC(=O)c1n[nH]c2c1CNCC2)c1cccc(C(F)(F)F)c1. The van der Waals surface area contributed by atoms with E-state index in [0.29, 0.717) is 17.8 Å². The second-order valence-corrected chi connectivity index (χ2v) is 7.10. The zero-order chi connectivity index (χ0) is 18.9. The number of nitrogens with one attached hydrogen (secondary N) is 3. The van der Waals surface area contributed by atoms with Crippen LogP contribution in [0, 0.1) is 0 Å². The molecule has 0 aliphatic carbocycles. The van der Waals surface area contributed by atoms with E-state index in [4.69, 9.17) is 0 Å². The first-order valence-electron chi connectivity index (χ1n) is 8.41. The van der Waals surface area contributed by atoms with Gasteiger partial charge in [-0.3, -0.25) is 9.89 Å². The first-order chi connectivity index (χ1) is 12.2. The van der Waals surface area contributed by atoms with Crippen LogP contribution in [0.1, 0.15) is 46.7 Å². The normalized spacial score (nSPS) is 14.8. The van der Waals surface area contributed by atoms with Crippen molar-refractivity contribution in [3.63, 3.8) is 0 Å². The Morgan fingerprint density at radius 3 is 2.73 bits per heavy atom. The van der Waals surface area contributed by atoms with Crippen LogP contribution >= 0.6 is 0 Å². The summed E-state index contributed by atoms with van der Waals surface area (Å²) < 4.78 is 38.8. The van der Waals surface area contributed by atoms with Gasteiger partial charge >= 0.3 is 6.18 Å². The predicted octanol–water partition coefficient (Wildman–Crippen LogP) is 2.78. The summed E-state index contributed by atoms with van der Waals surface area (Å²) in [5.41, 5.74) is 1.30. The molecule has 3 N–H and O–H groups in total. The molecule has 0 spiro atoms. The third kappa shape index (κ3) is 3.75. The number of hydrogen-bond acceptors (Lipinski definition) is 3. The number of hydrogen-bond donors (Lipinski definition) is 3. The standard InChI is InChI=1S/C18H21F3N4O/c1-17(2,11-4-3-5-12(8-11)18(19,20)21)10-23-16(26)15-13-9-22-7-6-14(13)24-25-15/h3-5,8,22H,6-7,9-10H2,1-2H3,(H,23,26)(H,24,25). The molecule has 1 aromatic carbocycles. The summed E-state index contributed by atoms with van der Waals surface area (Å²) in [5.74, 6) is -0.328. The number of amides is 1. The van der Waals surface area contributed by atoms with Crippen LogP contribution in [-0.2, 0) is 24.6 Å². The lowest BCUT2D eigenvalue weighted by molar-refractivity contribution is -0.137. The highest BCUT2D eigenvalue weighted by Gasteiger charge is 2.32. The minimum absolute atomic E-state index is 0.197. The molecule has 0 unspecified atom stereocenters. The minimum atomic E-state index is -4.39. The van der Waals surface area contributed by atoms with Crippen LogP contribution in [0.3, 0.4) is 0 Å². The summed E-state index contributed by atoms with van der Waals surface area (Å²) in [6, 6.07) is 5.20. The number of benzene rings is 1. The average molecular weight is 366 g/mol. The van der Waals surface area contributed by atoms with Crippen molar-refractivity contribution in [2.45, 2.75) is 38.4 Å². The molecule has 0 fully saturated rings. The fourth-order valence-corrected chi connectivity index (χ4v) is 3.02. The van der Waals surface area contributed by atoms with E-state index in [1.165, 1.54) is 6.07 Å². The summed E-state index contributed by atoms with van der Waals surface area (Å²) in [4.78, 5) is 12.5. The largest absolute Gasteiger partial charge is 0.416 e. The van der Waals surface area contributed by atoms with Gasteiger partial charge in [-0.15, -0.1) is 0 Å². The predicted molar refractivity (Wildman–Crippen MR) is 90.8 cm³/mol. The lowest BCUT2D eigenvalue weighted by atomic mass is 9.83. The topological polar surface area (TPSA) is 69.8 Å². The Morgan fingerprint density at radius 1 is 1.27 bits per heavy atom. The van der Waals surface area contributed by atoms with Crippen LogP contribution in [0.15, 0.2) is 24.3 Å². The molecule has 0 atom stereocenters. The number of halogens is 3. The molecule has 26 heavy (non-hydrogen) atoms. The van der Waals surface area contributed by atoms with Gasteiger partial charge in [-0.1, -0.05) is 32.0 Å². The summed E-state index contributed by atoms with van der Waals surface area (Å²) in [7, 11) is 0. The smallest absolute Gasteiger partial charge is 0.350 e.